The van der Waals surface area contributed by atoms with Gasteiger partial charge >= 0.3 is 0 Å². The third-order valence-electron chi connectivity index (χ3n) is 0.734. The molecule has 0 saturated carbocycles. The maximum atomic E-state index is 11.9. The van der Waals surface area contributed by atoms with Gasteiger partial charge in [0, 0.05) is 0 Å². The van der Waals surface area contributed by atoms with E-state index in [1.807, 2.05) is 0 Å². The second-order valence-electron chi connectivity index (χ2n) is 1.47. The number of nitriles is 1. The molecule has 0 heterocycles. The molecule has 2 nitrogen and oxygen atoms in total. The van der Waals surface area contributed by atoms with Crippen molar-refractivity contribution in [2.75, 3.05) is 6.26 Å². The van der Waals surface area contributed by atoms with Gasteiger partial charge in [0.1, 0.15) is 18.0 Å². The van der Waals surface area contributed by atoms with Gasteiger partial charge in [-0.2, -0.15) is 5.26 Å². The first-order valence-corrected chi connectivity index (χ1v) is 3.94. The van der Waals surface area contributed by atoms with Gasteiger partial charge < -0.3 is 0 Å². The molecule has 0 spiro atoms. The standard InChI is InChI=1S/C6H6F2N2S/c1-11-4-5(6(7)8)10-3-2-9/h3-4,6H,1H3/b5-4-,10-3?. The molecule has 0 amide bonds. The quantitative estimate of drug-likeness (QED) is 0.617. The topological polar surface area (TPSA) is 36.1 Å². The molecule has 0 fully saturated rings. The lowest BCUT2D eigenvalue weighted by atomic mass is 10.5. The number of halogens is 2. The van der Waals surface area contributed by atoms with Crippen LogP contribution in [0.25, 0.3) is 0 Å². The van der Waals surface area contributed by atoms with Crippen molar-refractivity contribution in [2.45, 2.75) is 6.43 Å². The van der Waals surface area contributed by atoms with E-state index < -0.39 is 6.43 Å². The molecule has 0 aromatic heterocycles. The van der Waals surface area contributed by atoms with E-state index in [0.717, 1.165) is 18.0 Å². The Labute approximate surface area is 67.6 Å². The molecule has 0 N–H and O–H groups in total. The van der Waals surface area contributed by atoms with Crippen LogP contribution in [0.1, 0.15) is 0 Å². The second kappa shape index (κ2) is 5.86. The Morgan fingerprint density at radius 2 is 2.36 bits per heavy atom. The summed E-state index contributed by atoms with van der Waals surface area (Å²) in [5, 5.41) is 9.19. The van der Waals surface area contributed by atoms with E-state index in [1.165, 1.54) is 11.5 Å². The van der Waals surface area contributed by atoms with Crippen molar-refractivity contribution in [3.63, 3.8) is 0 Å². The lowest BCUT2D eigenvalue weighted by Crippen LogP contribution is -1.92. The summed E-state index contributed by atoms with van der Waals surface area (Å²) >= 11 is 1.12. The summed E-state index contributed by atoms with van der Waals surface area (Å²) in [6, 6.07) is 1.54. The van der Waals surface area contributed by atoms with Gasteiger partial charge in [0.15, 0.2) is 0 Å². The summed E-state index contributed by atoms with van der Waals surface area (Å²) in [5.74, 6) is 0. The molecular formula is C6H6F2N2S. The molecule has 0 radical (unpaired) electrons. The van der Waals surface area contributed by atoms with Gasteiger partial charge in [-0.15, -0.1) is 11.8 Å². The smallest absolute Gasteiger partial charge is 0.244 e. The summed E-state index contributed by atoms with van der Waals surface area (Å²) in [5.41, 5.74) is -0.376. The van der Waals surface area contributed by atoms with E-state index in [2.05, 4.69) is 4.99 Å². The second-order valence-corrected chi connectivity index (χ2v) is 2.17. The van der Waals surface area contributed by atoms with Crippen molar-refractivity contribution < 1.29 is 8.78 Å². The molecule has 0 saturated heterocycles. The monoisotopic (exact) mass is 176 g/mol. The van der Waals surface area contributed by atoms with Crippen LogP contribution >= 0.6 is 11.8 Å². The van der Waals surface area contributed by atoms with E-state index in [-0.39, 0.29) is 5.70 Å². The Bertz CT molecular complexity index is 205. The summed E-state index contributed by atoms with van der Waals surface area (Å²) in [4.78, 5) is 3.24. The first kappa shape index (κ1) is 10.1. The van der Waals surface area contributed by atoms with Crippen LogP contribution in [-0.2, 0) is 0 Å². The highest BCUT2D eigenvalue weighted by atomic mass is 32.2. The molecule has 60 valence electrons. The zero-order chi connectivity index (χ0) is 8.69. The summed E-state index contributed by atoms with van der Waals surface area (Å²) in [6.07, 6.45) is -0.189. The predicted molar refractivity (Wildman–Crippen MR) is 41.7 cm³/mol. The number of hydrogen-bond acceptors (Lipinski definition) is 3. The molecule has 0 aliphatic rings. The Hall–Kier alpha value is -0.890. The van der Waals surface area contributed by atoms with Crippen molar-refractivity contribution in [3.05, 3.63) is 11.1 Å². The summed E-state index contributed by atoms with van der Waals surface area (Å²) in [7, 11) is 0. The van der Waals surface area contributed by atoms with Gasteiger partial charge in [0.25, 0.3) is 6.43 Å². The Morgan fingerprint density at radius 1 is 1.73 bits per heavy atom. The highest BCUT2D eigenvalue weighted by Crippen LogP contribution is 2.13. The lowest BCUT2D eigenvalue weighted by Gasteiger charge is -1.95. The molecule has 0 aliphatic heterocycles. The van der Waals surface area contributed by atoms with Crippen LogP contribution in [-0.4, -0.2) is 18.9 Å². The SMILES string of the molecule is CS/C=C(\N=CC#N)C(F)F. The fourth-order valence-electron chi connectivity index (χ4n) is 0.362. The third kappa shape index (κ3) is 4.51. The third-order valence-corrected chi connectivity index (χ3v) is 1.21. The molecule has 0 aromatic rings. The van der Waals surface area contributed by atoms with Gasteiger partial charge in [0.2, 0.25) is 0 Å². The van der Waals surface area contributed by atoms with Gasteiger partial charge in [-0.25, -0.2) is 13.8 Å². The van der Waals surface area contributed by atoms with Gasteiger partial charge in [0.05, 0.1) is 0 Å². The van der Waals surface area contributed by atoms with Crippen LogP contribution in [0, 0.1) is 11.3 Å². The largest absolute Gasteiger partial charge is 0.280 e. The molecule has 11 heavy (non-hydrogen) atoms. The van der Waals surface area contributed by atoms with E-state index in [4.69, 9.17) is 5.26 Å². The van der Waals surface area contributed by atoms with E-state index in [9.17, 15) is 8.78 Å². The molecule has 0 rings (SSSR count). The zero-order valence-corrected chi connectivity index (χ0v) is 6.61. The molecule has 0 aromatic carbocycles. The van der Waals surface area contributed by atoms with Gasteiger partial charge in [-0.3, -0.25) is 0 Å². The summed E-state index contributed by atoms with van der Waals surface area (Å²) < 4.78 is 23.8. The van der Waals surface area contributed by atoms with E-state index in [0.29, 0.717) is 0 Å². The molecule has 0 atom stereocenters. The Morgan fingerprint density at radius 3 is 2.73 bits per heavy atom. The van der Waals surface area contributed by atoms with Gasteiger partial charge in [-0.05, 0) is 11.7 Å². The molecule has 0 bridgehead atoms. The Balaban J connectivity index is 4.26. The lowest BCUT2D eigenvalue weighted by molar-refractivity contribution is 0.189. The predicted octanol–water partition coefficient (Wildman–Crippen LogP) is 2.05. The minimum Gasteiger partial charge on any atom is -0.244 e. The number of alkyl halides is 2. The maximum Gasteiger partial charge on any atom is 0.280 e. The first-order valence-electron chi connectivity index (χ1n) is 2.65. The van der Waals surface area contributed by atoms with Crippen LogP contribution in [0.15, 0.2) is 16.1 Å². The highest BCUT2D eigenvalue weighted by Gasteiger charge is 2.07. The average Bonchev–Trinajstić information content (AvgIpc) is 1.97. The molecule has 0 aliphatic carbocycles. The van der Waals surface area contributed by atoms with Crippen LogP contribution in [0.5, 0.6) is 0 Å². The number of aliphatic imine (C=N–C) groups is 1. The van der Waals surface area contributed by atoms with Crippen molar-refractivity contribution in [1.82, 2.24) is 0 Å². The van der Waals surface area contributed by atoms with Crippen molar-refractivity contribution in [1.29, 1.82) is 5.26 Å². The van der Waals surface area contributed by atoms with Crippen LogP contribution in [0.2, 0.25) is 0 Å². The summed E-state index contributed by atoms with van der Waals surface area (Å²) in [6.45, 7) is 0. The highest BCUT2D eigenvalue weighted by molar-refractivity contribution is 8.01. The fourth-order valence-corrected chi connectivity index (χ4v) is 0.768. The Kier molecular flexibility index (Phi) is 5.39. The number of hydrogen-bond donors (Lipinski definition) is 0. The van der Waals surface area contributed by atoms with Gasteiger partial charge in [-0.1, -0.05) is 0 Å². The number of thioether (sulfide) groups is 1. The van der Waals surface area contributed by atoms with Crippen LogP contribution in [0.4, 0.5) is 8.78 Å². The van der Waals surface area contributed by atoms with E-state index in [1.54, 1.807) is 6.26 Å². The fraction of sp³-hybridized carbons (Fsp3) is 0.333. The minimum absolute atomic E-state index is 0.376. The normalized spacial score (nSPS) is 12.5. The van der Waals surface area contributed by atoms with Crippen molar-refractivity contribution in [3.8, 4) is 6.07 Å². The van der Waals surface area contributed by atoms with Crippen molar-refractivity contribution in [2.24, 2.45) is 4.99 Å². The number of allylic oxidation sites excluding steroid dienone is 1. The minimum atomic E-state index is -2.62. The molecular weight excluding hydrogens is 170 g/mol. The van der Waals surface area contributed by atoms with Crippen molar-refractivity contribution >= 4 is 18.0 Å². The number of nitrogens with zero attached hydrogens (tertiary/aromatic N) is 2. The molecule has 0 unspecified atom stereocenters. The van der Waals surface area contributed by atoms with Crippen LogP contribution < -0.4 is 0 Å². The first-order chi connectivity index (χ1) is 5.22. The average molecular weight is 176 g/mol. The number of rotatable bonds is 3. The maximum absolute atomic E-state index is 11.9. The van der Waals surface area contributed by atoms with E-state index >= 15 is 0 Å². The van der Waals surface area contributed by atoms with Crippen LogP contribution in [0.3, 0.4) is 0 Å². The zero-order valence-electron chi connectivity index (χ0n) is 5.79. The molecule has 5 heteroatoms.